The number of alkyl halides is 1. The Kier molecular flexibility index (Phi) is 10.9. The van der Waals surface area contributed by atoms with Crippen LogP contribution in [0, 0.1) is 0 Å². The van der Waals surface area contributed by atoms with Crippen LogP contribution in [0.5, 0.6) is 0 Å². The summed E-state index contributed by atoms with van der Waals surface area (Å²) in [5, 5.41) is 16.0. The van der Waals surface area contributed by atoms with E-state index in [0.717, 1.165) is 0 Å². The minimum absolute atomic E-state index is 0.00486. The summed E-state index contributed by atoms with van der Waals surface area (Å²) in [5.74, 6) is -3.20. The molecule has 7 N–H and O–H groups in total. The molecule has 0 saturated carbocycles. The number of likely N-dealkylation sites (tertiary alicyclic amines) is 1. The molecule has 1 aromatic carbocycles. The number of hydrogen-bond acceptors (Lipinski definition) is 7. The fourth-order valence-electron chi connectivity index (χ4n) is 5.25. The Hall–Kier alpha value is -3.22. The van der Waals surface area contributed by atoms with Gasteiger partial charge in [0.15, 0.2) is 12.1 Å². The van der Waals surface area contributed by atoms with Gasteiger partial charge in [0, 0.05) is 6.42 Å². The maximum absolute atomic E-state index is 14.2. The molecule has 41 heavy (non-hydrogen) atoms. The number of carbonyl (C=O) groups excluding carboxylic acids is 5. The molecule has 0 bridgehead atoms. The Labute approximate surface area is 245 Å². The van der Waals surface area contributed by atoms with Crippen molar-refractivity contribution in [1.82, 2.24) is 10.6 Å². The number of nitrogens with zero attached hydrogens (tertiary/aromatic N) is 1. The van der Waals surface area contributed by atoms with Gasteiger partial charge in [0.1, 0.15) is 18.2 Å². The summed E-state index contributed by atoms with van der Waals surface area (Å²) in [4.78, 5) is 64.3. The number of amides is 5. The molecule has 1 aliphatic rings. The van der Waals surface area contributed by atoms with Crippen LogP contribution in [0.2, 0.25) is 0 Å². The Morgan fingerprint density at radius 1 is 1.05 bits per heavy atom. The van der Waals surface area contributed by atoms with Crippen molar-refractivity contribution in [2.75, 3.05) is 6.54 Å². The molecule has 0 aliphatic carbocycles. The monoisotopic (exact) mass is 596 g/mol. The van der Waals surface area contributed by atoms with E-state index in [-0.39, 0.29) is 19.4 Å². The summed E-state index contributed by atoms with van der Waals surface area (Å²) < 4.78 is 4.69. The summed E-state index contributed by atoms with van der Waals surface area (Å²) in [6, 6.07) is 5.13. The predicted octanol–water partition coefficient (Wildman–Crippen LogP) is 0.850. The molecule has 228 valence electrons. The minimum Gasteiger partial charge on any atom is -0.444 e. The number of hydrogen-bond donors (Lipinski definition) is 5. The highest BCUT2D eigenvalue weighted by Gasteiger charge is 2.62. The lowest BCUT2D eigenvalue weighted by Gasteiger charge is -2.47. The van der Waals surface area contributed by atoms with E-state index < -0.39 is 81.4 Å². The van der Waals surface area contributed by atoms with Crippen LogP contribution in [0.1, 0.15) is 59.9 Å². The number of benzene rings is 1. The third-order valence-corrected chi connectivity index (χ3v) is 7.41. The predicted molar refractivity (Wildman–Crippen MR) is 152 cm³/mol. The SMILES string of the molecule is CC(C)(C)OC(=O)N[C@@H](CC(N)=O)C(=O)N[C@@H](Cc1ccccc1)[C@H](O)C(=O)[N+]1(C(C)(C)C)C[C@@H](Cl)C[C@H]1C(N)=O. The number of nitrogens with one attached hydrogen (secondary N) is 2. The normalized spacial score (nSPS) is 23.1. The van der Waals surface area contributed by atoms with Gasteiger partial charge < -0.3 is 31.9 Å². The van der Waals surface area contributed by atoms with E-state index in [1.54, 1.807) is 71.9 Å². The first-order valence-electron chi connectivity index (χ1n) is 13.4. The molecule has 13 heteroatoms. The molecule has 2 rings (SSSR count). The van der Waals surface area contributed by atoms with Crippen molar-refractivity contribution in [2.24, 2.45) is 11.5 Å². The second kappa shape index (κ2) is 13.2. The molecule has 1 aromatic rings. The van der Waals surface area contributed by atoms with E-state index in [9.17, 15) is 29.1 Å². The van der Waals surface area contributed by atoms with Gasteiger partial charge in [-0.2, -0.15) is 0 Å². The smallest absolute Gasteiger partial charge is 0.408 e. The number of nitrogens with two attached hydrogens (primary N) is 2. The molecule has 0 radical (unpaired) electrons. The highest BCUT2D eigenvalue weighted by Crippen LogP contribution is 2.40. The summed E-state index contributed by atoms with van der Waals surface area (Å²) in [7, 11) is 0. The number of quaternary nitrogens is 1. The van der Waals surface area contributed by atoms with Crippen molar-refractivity contribution in [1.29, 1.82) is 0 Å². The third-order valence-electron chi connectivity index (χ3n) is 7.09. The van der Waals surface area contributed by atoms with Gasteiger partial charge in [-0.05, 0) is 53.5 Å². The second-order valence-electron chi connectivity index (χ2n) is 12.4. The maximum atomic E-state index is 14.2. The van der Waals surface area contributed by atoms with Crippen molar-refractivity contribution in [3.8, 4) is 0 Å². The summed E-state index contributed by atoms with van der Waals surface area (Å²) >= 11 is 6.45. The maximum Gasteiger partial charge on any atom is 0.408 e. The van der Waals surface area contributed by atoms with Gasteiger partial charge in [-0.15, -0.1) is 11.6 Å². The zero-order chi connectivity index (χ0) is 31.3. The molecule has 0 spiro atoms. The zero-order valence-corrected chi connectivity index (χ0v) is 25.2. The fourth-order valence-corrected chi connectivity index (χ4v) is 5.63. The Balaban J connectivity index is 2.48. The molecule has 5 amide bonds. The average molecular weight is 597 g/mol. The molecule has 0 aromatic heterocycles. The lowest BCUT2D eigenvalue weighted by Crippen LogP contribution is -2.73. The highest BCUT2D eigenvalue weighted by atomic mass is 35.5. The number of aliphatic hydroxyl groups is 1. The number of rotatable bonds is 10. The number of alkyl carbamates (subject to hydrolysis) is 1. The van der Waals surface area contributed by atoms with Gasteiger partial charge >= 0.3 is 12.0 Å². The first kappa shape index (κ1) is 34.0. The van der Waals surface area contributed by atoms with Crippen LogP contribution in [0.3, 0.4) is 0 Å². The van der Waals surface area contributed by atoms with E-state index >= 15 is 0 Å². The third kappa shape index (κ3) is 8.64. The van der Waals surface area contributed by atoms with Gasteiger partial charge in [-0.3, -0.25) is 14.4 Å². The molecule has 12 nitrogen and oxygen atoms in total. The Bertz CT molecular complexity index is 1130. The summed E-state index contributed by atoms with van der Waals surface area (Å²) in [5.41, 5.74) is 9.95. The molecular weight excluding hydrogens is 554 g/mol. The Morgan fingerprint density at radius 3 is 2.12 bits per heavy atom. The van der Waals surface area contributed by atoms with E-state index in [1.165, 1.54) is 0 Å². The van der Waals surface area contributed by atoms with Crippen molar-refractivity contribution in [3.63, 3.8) is 0 Å². The lowest BCUT2D eigenvalue weighted by atomic mass is 9.93. The average Bonchev–Trinajstić information content (AvgIpc) is 3.20. The number of carbonyl (C=O) groups is 5. The van der Waals surface area contributed by atoms with E-state index in [0.29, 0.717) is 5.56 Å². The molecule has 1 aliphatic heterocycles. The van der Waals surface area contributed by atoms with Crippen LogP contribution >= 0.6 is 11.6 Å². The second-order valence-corrected chi connectivity index (χ2v) is 13.0. The van der Waals surface area contributed by atoms with E-state index in [4.69, 9.17) is 27.8 Å². The Morgan fingerprint density at radius 2 is 1.63 bits per heavy atom. The quantitative estimate of drug-likeness (QED) is 0.195. The van der Waals surface area contributed by atoms with Gasteiger partial charge in [0.2, 0.25) is 11.8 Å². The van der Waals surface area contributed by atoms with Crippen LogP contribution in [0.25, 0.3) is 0 Å². The van der Waals surface area contributed by atoms with Gasteiger partial charge in [-0.1, -0.05) is 30.3 Å². The molecule has 1 saturated heterocycles. The lowest BCUT2D eigenvalue weighted by molar-refractivity contribution is -0.904. The first-order valence-corrected chi connectivity index (χ1v) is 13.9. The van der Waals surface area contributed by atoms with E-state index in [1.807, 2.05) is 0 Å². The molecule has 1 fully saturated rings. The van der Waals surface area contributed by atoms with E-state index in [2.05, 4.69) is 10.6 Å². The standard InChI is InChI=1S/C28H42ClN5O7/c1-27(2,3)34(15-17(29)13-20(34)23(31)37)25(39)22(36)18(12-16-10-8-7-9-11-16)32-24(38)19(14-21(30)35)33-26(40)41-28(4,5)6/h7-11,17-20,22,36H,12-15H2,1-6H3,(H5-,30,31,32,33,35,37,38,40)/p+1/t17-,18-,19-,20-,22-,34?/m0/s1. The van der Waals surface area contributed by atoms with Crippen molar-refractivity contribution < 1.29 is 38.3 Å². The van der Waals surface area contributed by atoms with Gasteiger partial charge in [-0.25, -0.2) is 14.1 Å². The zero-order valence-electron chi connectivity index (χ0n) is 24.5. The van der Waals surface area contributed by atoms with Crippen molar-refractivity contribution >= 4 is 41.3 Å². The number of aliphatic hydroxyl groups excluding tert-OH is 1. The number of ether oxygens (including phenoxy) is 1. The van der Waals surface area contributed by atoms with Gasteiger partial charge in [0.05, 0.1) is 23.4 Å². The molecule has 1 heterocycles. The number of primary amides is 2. The first-order chi connectivity index (χ1) is 18.8. The van der Waals surface area contributed by atoms with Crippen molar-refractivity contribution in [3.05, 3.63) is 35.9 Å². The summed E-state index contributed by atoms with van der Waals surface area (Å²) in [6.07, 6.45) is -3.19. The highest BCUT2D eigenvalue weighted by molar-refractivity contribution is 6.21. The van der Waals surface area contributed by atoms with Crippen LogP contribution in [0.15, 0.2) is 30.3 Å². The van der Waals surface area contributed by atoms with Crippen LogP contribution in [-0.4, -0.2) is 86.6 Å². The summed E-state index contributed by atoms with van der Waals surface area (Å²) in [6.45, 7) is 10.2. The largest absolute Gasteiger partial charge is 0.444 e. The van der Waals surface area contributed by atoms with Crippen LogP contribution < -0.4 is 22.1 Å². The van der Waals surface area contributed by atoms with Crippen LogP contribution in [-0.2, 0) is 30.3 Å². The molecular formula is C28H43ClN5O7+. The van der Waals surface area contributed by atoms with Crippen molar-refractivity contribution in [2.45, 2.75) is 102 Å². The molecule has 1 unspecified atom stereocenters. The topological polar surface area (TPSA) is 191 Å². The fraction of sp³-hybridized carbons (Fsp3) is 0.607. The minimum atomic E-state index is -1.82. The van der Waals surface area contributed by atoms with Crippen LogP contribution in [0.4, 0.5) is 4.79 Å². The number of halogens is 1. The van der Waals surface area contributed by atoms with Gasteiger partial charge in [0.25, 0.3) is 5.91 Å². The molecule has 6 atom stereocenters.